The van der Waals surface area contributed by atoms with Gasteiger partial charge in [0.05, 0.1) is 11.5 Å². The van der Waals surface area contributed by atoms with Gasteiger partial charge in [-0.15, -0.1) is 12.4 Å². The third kappa shape index (κ3) is 3.03. The number of para-hydroxylation sites is 1. The zero-order valence-electron chi connectivity index (χ0n) is 11.3. The molecule has 1 saturated heterocycles. The second-order valence-electron chi connectivity index (χ2n) is 5.07. The lowest BCUT2D eigenvalue weighted by Crippen LogP contribution is -2.33. The van der Waals surface area contributed by atoms with Crippen LogP contribution in [0.5, 0.6) is 5.75 Å². The Balaban J connectivity index is 0.00000161. The molecule has 1 fully saturated rings. The Bertz CT molecular complexity index is 599. The number of fused-ring (bicyclic) bond motifs is 1. The van der Waals surface area contributed by atoms with Crippen molar-refractivity contribution in [3.63, 3.8) is 0 Å². The molecule has 6 heteroatoms. The second kappa shape index (κ2) is 6.18. The molecule has 1 amide bonds. The molecule has 0 bridgehead atoms. The molecule has 2 heterocycles. The Hall–Kier alpha value is -2.01. The number of likely N-dealkylation sites (tertiary alicyclic amines) is 1. The number of carboxylic acid groups (broad SMARTS) is 1. The van der Waals surface area contributed by atoms with E-state index in [1.165, 1.54) is 0 Å². The Morgan fingerprint density at radius 1 is 1.29 bits per heavy atom. The molecule has 1 N–H and O–H groups in total. The highest BCUT2D eigenvalue weighted by molar-refractivity contribution is 5.99. The van der Waals surface area contributed by atoms with Crippen LogP contribution in [0.1, 0.15) is 12.0 Å². The number of rotatable bonds is 2. The van der Waals surface area contributed by atoms with Crippen molar-refractivity contribution >= 4 is 30.4 Å². The SMILES string of the molecule is Cl.O=C(O)C1CCN(C(=O)C2=Cc3ccccc3OC2)C1. The number of carbonyl (C=O) groups is 2. The average Bonchev–Trinajstić information content (AvgIpc) is 2.96. The predicted octanol–water partition coefficient (Wildman–Crippen LogP) is 1.82. The number of carbonyl (C=O) groups excluding carboxylic acids is 1. The molecule has 2 aliphatic heterocycles. The van der Waals surface area contributed by atoms with Crippen LogP contribution < -0.4 is 4.74 Å². The third-order valence-electron chi connectivity index (χ3n) is 3.73. The van der Waals surface area contributed by atoms with E-state index in [4.69, 9.17) is 9.84 Å². The van der Waals surface area contributed by atoms with Crippen molar-refractivity contribution in [1.29, 1.82) is 0 Å². The van der Waals surface area contributed by atoms with E-state index in [9.17, 15) is 9.59 Å². The highest BCUT2D eigenvalue weighted by Gasteiger charge is 2.32. The van der Waals surface area contributed by atoms with Gasteiger partial charge in [0.25, 0.3) is 5.91 Å². The van der Waals surface area contributed by atoms with Crippen LogP contribution >= 0.6 is 12.4 Å². The summed E-state index contributed by atoms with van der Waals surface area (Å²) >= 11 is 0. The van der Waals surface area contributed by atoms with Crippen molar-refractivity contribution in [1.82, 2.24) is 4.90 Å². The molecular weight excluding hydrogens is 294 g/mol. The van der Waals surface area contributed by atoms with Gasteiger partial charge in [0.15, 0.2) is 0 Å². The van der Waals surface area contributed by atoms with E-state index < -0.39 is 11.9 Å². The molecule has 21 heavy (non-hydrogen) atoms. The topological polar surface area (TPSA) is 66.8 Å². The number of nitrogens with zero attached hydrogens (tertiary/aromatic N) is 1. The smallest absolute Gasteiger partial charge is 0.308 e. The van der Waals surface area contributed by atoms with Crippen molar-refractivity contribution < 1.29 is 19.4 Å². The number of carboxylic acids is 1. The highest BCUT2D eigenvalue weighted by Crippen LogP contribution is 2.27. The largest absolute Gasteiger partial charge is 0.488 e. The molecule has 0 spiro atoms. The van der Waals surface area contributed by atoms with Crippen LogP contribution in [0.2, 0.25) is 0 Å². The minimum atomic E-state index is -0.834. The molecule has 5 nitrogen and oxygen atoms in total. The zero-order chi connectivity index (χ0) is 14.1. The van der Waals surface area contributed by atoms with Crippen LogP contribution in [0.3, 0.4) is 0 Å². The summed E-state index contributed by atoms with van der Waals surface area (Å²) in [6, 6.07) is 7.54. The van der Waals surface area contributed by atoms with Crippen LogP contribution in [0.4, 0.5) is 0 Å². The lowest BCUT2D eigenvalue weighted by atomic mass is 10.1. The van der Waals surface area contributed by atoms with Crippen molar-refractivity contribution in [2.75, 3.05) is 19.7 Å². The van der Waals surface area contributed by atoms with Gasteiger partial charge in [0.2, 0.25) is 0 Å². The standard InChI is InChI=1S/C15H15NO4.ClH/c17-14(16-6-5-11(8-16)15(18)19)12-7-10-3-1-2-4-13(10)20-9-12;/h1-4,7,11H,5-6,8-9H2,(H,18,19);1H. The Morgan fingerprint density at radius 3 is 2.76 bits per heavy atom. The van der Waals surface area contributed by atoms with Crippen LogP contribution in [-0.2, 0) is 9.59 Å². The first-order valence-electron chi connectivity index (χ1n) is 6.59. The van der Waals surface area contributed by atoms with E-state index in [-0.39, 0.29) is 31.5 Å². The van der Waals surface area contributed by atoms with Gasteiger partial charge >= 0.3 is 5.97 Å². The molecule has 1 aromatic carbocycles. The van der Waals surface area contributed by atoms with Crippen molar-refractivity contribution in [2.45, 2.75) is 6.42 Å². The molecule has 3 rings (SSSR count). The van der Waals surface area contributed by atoms with E-state index in [0.29, 0.717) is 18.5 Å². The molecule has 0 aliphatic carbocycles. The van der Waals surface area contributed by atoms with E-state index >= 15 is 0 Å². The van der Waals surface area contributed by atoms with Crippen LogP contribution in [0, 0.1) is 5.92 Å². The first kappa shape index (κ1) is 15.4. The maximum atomic E-state index is 12.4. The summed E-state index contributed by atoms with van der Waals surface area (Å²) in [5.74, 6) is -0.631. The fourth-order valence-electron chi connectivity index (χ4n) is 2.59. The normalized spacial score (nSPS) is 19.9. The minimum Gasteiger partial charge on any atom is -0.488 e. The summed E-state index contributed by atoms with van der Waals surface area (Å²) in [5, 5.41) is 8.98. The zero-order valence-corrected chi connectivity index (χ0v) is 12.1. The molecule has 0 aromatic heterocycles. The Morgan fingerprint density at radius 2 is 2.05 bits per heavy atom. The third-order valence-corrected chi connectivity index (χ3v) is 3.73. The van der Waals surface area contributed by atoms with Gasteiger partial charge in [-0.1, -0.05) is 18.2 Å². The fraction of sp³-hybridized carbons (Fsp3) is 0.333. The van der Waals surface area contributed by atoms with Crippen molar-refractivity contribution in [2.24, 2.45) is 5.92 Å². The van der Waals surface area contributed by atoms with E-state index in [2.05, 4.69) is 0 Å². The molecule has 112 valence electrons. The van der Waals surface area contributed by atoms with Gasteiger partial charge in [0.1, 0.15) is 12.4 Å². The fourth-order valence-corrected chi connectivity index (χ4v) is 2.59. The number of amides is 1. The summed E-state index contributed by atoms with van der Waals surface area (Å²) in [7, 11) is 0. The number of halogens is 1. The van der Waals surface area contributed by atoms with Crippen molar-refractivity contribution in [3.05, 3.63) is 35.4 Å². The Labute approximate surface area is 128 Å². The summed E-state index contributed by atoms with van der Waals surface area (Å²) in [6.07, 6.45) is 2.35. The number of aliphatic carboxylic acids is 1. The molecule has 0 radical (unpaired) electrons. The molecule has 1 unspecified atom stereocenters. The average molecular weight is 310 g/mol. The van der Waals surface area contributed by atoms with E-state index in [1.807, 2.05) is 30.3 Å². The quantitative estimate of drug-likeness (QED) is 0.905. The second-order valence-corrected chi connectivity index (χ2v) is 5.07. The number of hydrogen-bond acceptors (Lipinski definition) is 3. The monoisotopic (exact) mass is 309 g/mol. The van der Waals surface area contributed by atoms with Crippen LogP contribution in [0.25, 0.3) is 6.08 Å². The molecule has 0 saturated carbocycles. The first-order valence-corrected chi connectivity index (χ1v) is 6.59. The number of ether oxygens (including phenoxy) is 1. The number of hydrogen-bond donors (Lipinski definition) is 1. The van der Waals surface area contributed by atoms with Crippen LogP contribution in [-0.4, -0.2) is 41.6 Å². The summed E-state index contributed by atoms with van der Waals surface area (Å²) in [6.45, 7) is 1.02. The van der Waals surface area contributed by atoms with Gasteiger partial charge < -0.3 is 14.7 Å². The van der Waals surface area contributed by atoms with E-state index in [0.717, 1.165) is 11.3 Å². The summed E-state index contributed by atoms with van der Waals surface area (Å²) < 4.78 is 5.56. The van der Waals surface area contributed by atoms with E-state index in [1.54, 1.807) is 4.90 Å². The maximum absolute atomic E-state index is 12.4. The van der Waals surface area contributed by atoms with Gasteiger partial charge in [-0.25, -0.2) is 0 Å². The number of benzene rings is 1. The van der Waals surface area contributed by atoms with Gasteiger partial charge in [-0.2, -0.15) is 0 Å². The van der Waals surface area contributed by atoms with Crippen molar-refractivity contribution in [3.8, 4) is 5.75 Å². The lowest BCUT2D eigenvalue weighted by molar-refractivity contribution is -0.141. The van der Waals surface area contributed by atoms with Gasteiger partial charge in [-0.3, -0.25) is 9.59 Å². The highest BCUT2D eigenvalue weighted by atomic mass is 35.5. The first-order chi connectivity index (χ1) is 9.65. The molecule has 2 aliphatic rings. The molecule has 1 aromatic rings. The maximum Gasteiger partial charge on any atom is 0.308 e. The Kier molecular flexibility index (Phi) is 4.53. The summed E-state index contributed by atoms with van der Waals surface area (Å²) in [4.78, 5) is 24.9. The summed E-state index contributed by atoms with van der Waals surface area (Å²) in [5.41, 5.74) is 1.46. The predicted molar refractivity (Wildman–Crippen MR) is 79.5 cm³/mol. The van der Waals surface area contributed by atoms with Crippen LogP contribution in [0.15, 0.2) is 29.8 Å². The molecule has 1 atom stereocenters. The van der Waals surface area contributed by atoms with Gasteiger partial charge in [0, 0.05) is 18.7 Å². The lowest BCUT2D eigenvalue weighted by Gasteiger charge is -2.22. The minimum absolute atomic E-state index is 0. The van der Waals surface area contributed by atoms with Gasteiger partial charge in [-0.05, 0) is 18.6 Å². The molecular formula is C15H16ClNO4.